The maximum atomic E-state index is 9.55. The largest absolute Gasteiger partial charge is 0.393 e. The number of hydrogen-bond donors (Lipinski definition) is 1. The molecule has 3 fully saturated rings. The highest BCUT2D eigenvalue weighted by molar-refractivity contribution is 4.96. The molecule has 0 heterocycles. The van der Waals surface area contributed by atoms with E-state index in [2.05, 4.69) is 6.92 Å². The SMILES string of the molecule is CC1CC2CC1C(C1CCC(O)CC1)C2. The lowest BCUT2D eigenvalue weighted by molar-refractivity contribution is 0.0692. The fourth-order valence-corrected chi connectivity index (χ4v) is 4.83. The number of rotatable bonds is 1. The van der Waals surface area contributed by atoms with Gasteiger partial charge in [0, 0.05) is 0 Å². The summed E-state index contributed by atoms with van der Waals surface area (Å²) in [4.78, 5) is 0. The van der Waals surface area contributed by atoms with E-state index in [1.807, 2.05) is 0 Å². The van der Waals surface area contributed by atoms with Crippen molar-refractivity contribution in [1.29, 1.82) is 0 Å². The average molecular weight is 208 g/mol. The summed E-state index contributed by atoms with van der Waals surface area (Å²) in [6.07, 6.45) is 9.36. The van der Waals surface area contributed by atoms with Crippen LogP contribution < -0.4 is 0 Å². The molecule has 3 aliphatic rings. The molecule has 0 aromatic rings. The molecule has 0 aromatic heterocycles. The van der Waals surface area contributed by atoms with Crippen molar-refractivity contribution in [3.8, 4) is 0 Å². The van der Waals surface area contributed by atoms with E-state index >= 15 is 0 Å². The van der Waals surface area contributed by atoms with Crippen LogP contribution >= 0.6 is 0 Å². The van der Waals surface area contributed by atoms with Gasteiger partial charge in [-0.15, -0.1) is 0 Å². The van der Waals surface area contributed by atoms with Gasteiger partial charge in [0.05, 0.1) is 6.10 Å². The first-order chi connectivity index (χ1) is 7.24. The Morgan fingerprint density at radius 2 is 1.53 bits per heavy atom. The van der Waals surface area contributed by atoms with Crippen molar-refractivity contribution in [2.24, 2.45) is 29.6 Å². The number of hydrogen-bond acceptors (Lipinski definition) is 1. The average Bonchev–Trinajstić information content (AvgIpc) is 2.77. The van der Waals surface area contributed by atoms with E-state index in [-0.39, 0.29) is 6.10 Å². The predicted octanol–water partition coefficient (Wildman–Crippen LogP) is 3.22. The Labute approximate surface area is 93.3 Å². The van der Waals surface area contributed by atoms with Crippen molar-refractivity contribution in [3.05, 3.63) is 0 Å². The molecule has 4 unspecified atom stereocenters. The van der Waals surface area contributed by atoms with Gasteiger partial charge in [-0.2, -0.15) is 0 Å². The van der Waals surface area contributed by atoms with Gasteiger partial charge in [0.1, 0.15) is 0 Å². The van der Waals surface area contributed by atoms with Crippen molar-refractivity contribution in [3.63, 3.8) is 0 Å². The zero-order chi connectivity index (χ0) is 10.4. The van der Waals surface area contributed by atoms with Crippen LogP contribution in [0, 0.1) is 29.6 Å². The van der Waals surface area contributed by atoms with Crippen LogP contribution in [-0.2, 0) is 0 Å². The van der Waals surface area contributed by atoms with Gasteiger partial charge in [-0.1, -0.05) is 6.92 Å². The lowest BCUT2D eigenvalue weighted by Gasteiger charge is -2.37. The van der Waals surface area contributed by atoms with Gasteiger partial charge >= 0.3 is 0 Å². The van der Waals surface area contributed by atoms with Crippen LogP contribution in [0.25, 0.3) is 0 Å². The van der Waals surface area contributed by atoms with E-state index < -0.39 is 0 Å². The molecule has 0 saturated heterocycles. The quantitative estimate of drug-likeness (QED) is 0.701. The van der Waals surface area contributed by atoms with Crippen LogP contribution in [0.1, 0.15) is 51.9 Å². The molecule has 2 bridgehead atoms. The normalized spacial score (nSPS) is 54.8. The van der Waals surface area contributed by atoms with Gasteiger partial charge in [0.2, 0.25) is 0 Å². The summed E-state index contributed by atoms with van der Waals surface area (Å²) < 4.78 is 0. The van der Waals surface area contributed by atoms with Crippen molar-refractivity contribution in [2.45, 2.75) is 58.0 Å². The van der Waals surface area contributed by atoms with E-state index in [1.165, 1.54) is 32.1 Å². The van der Waals surface area contributed by atoms with E-state index in [0.29, 0.717) is 0 Å². The minimum absolute atomic E-state index is 0.0252. The molecule has 0 amide bonds. The summed E-state index contributed by atoms with van der Waals surface area (Å²) in [6.45, 7) is 2.47. The molecule has 0 spiro atoms. The molecule has 1 N–H and O–H groups in total. The highest BCUT2D eigenvalue weighted by Crippen LogP contribution is 2.55. The second-order valence-corrected chi connectivity index (χ2v) is 6.45. The van der Waals surface area contributed by atoms with Gasteiger partial charge in [-0.25, -0.2) is 0 Å². The Bertz CT molecular complexity index is 229. The summed E-state index contributed by atoms with van der Waals surface area (Å²) in [5.74, 6) is 5.12. The Hall–Kier alpha value is -0.0400. The smallest absolute Gasteiger partial charge is 0.0540 e. The highest BCUT2D eigenvalue weighted by Gasteiger charge is 2.47. The van der Waals surface area contributed by atoms with Crippen molar-refractivity contribution < 1.29 is 5.11 Å². The minimum atomic E-state index is 0.0252. The molecule has 0 aliphatic heterocycles. The first-order valence-electron chi connectivity index (χ1n) is 6.92. The summed E-state index contributed by atoms with van der Waals surface area (Å²) in [6, 6.07) is 0. The first kappa shape index (κ1) is 10.1. The third kappa shape index (κ3) is 1.73. The summed E-state index contributed by atoms with van der Waals surface area (Å²) in [7, 11) is 0. The Morgan fingerprint density at radius 1 is 0.867 bits per heavy atom. The molecule has 1 heteroatoms. The summed E-state index contributed by atoms with van der Waals surface area (Å²) in [5.41, 5.74) is 0. The molecule has 15 heavy (non-hydrogen) atoms. The highest BCUT2D eigenvalue weighted by atomic mass is 16.3. The monoisotopic (exact) mass is 208 g/mol. The van der Waals surface area contributed by atoms with E-state index in [9.17, 15) is 5.11 Å². The van der Waals surface area contributed by atoms with Crippen LogP contribution in [-0.4, -0.2) is 11.2 Å². The topological polar surface area (TPSA) is 20.2 Å². The standard InChI is InChI=1S/C14H24O/c1-9-6-10-7-13(9)14(8-10)11-2-4-12(15)5-3-11/h9-15H,2-8H2,1H3. The summed E-state index contributed by atoms with van der Waals surface area (Å²) >= 11 is 0. The van der Waals surface area contributed by atoms with Crippen LogP contribution in [0.5, 0.6) is 0 Å². The van der Waals surface area contributed by atoms with Gasteiger partial charge < -0.3 is 5.11 Å². The number of aliphatic hydroxyl groups is 1. The molecule has 1 nitrogen and oxygen atoms in total. The first-order valence-corrected chi connectivity index (χ1v) is 6.92. The molecule has 3 aliphatic carbocycles. The zero-order valence-corrected chi connectivity index (χ0v) is 9.86. The van der Waals surface area contributed by atoms with Crippen molar-refractivity contribution in [2.75, 3.05) is 0 Å². The molecule has 0 aromatic carbocycles. The lowest BCUT2D eigenvalue weighted by Crippen LogP contribution is -2.29. The minimum Gasteiger partial charge on any atom is -0.393 e. The molecule has 4 atom stereocenters. The molecule has 86 valence electrons. The second-order valence-electron chi connectivity index (χ2n) is 6.45. The van der Waals surface area contributed by atoms with Gasteiger partial charge in [-0.05, 0) is 74.5 Å². The van der Waals surface area contributed by atoms with Gasteiger partial charge in [0.25, 0.3) is 0 Å². The third-order valence-corrected chi connectivity index (χ3v) is 5.54. The molecule has 3 saturated carbocycles. The maximum absolute atomic E-state index is 9.55. The van der Waals surface area contributed by atoms with E-state index in [1.54, 1.807) is 0 Å². The molecule has 0 radical (unpaired) electrons. The molecular formula is C14H24O. The zero-order valence-electron chi connectivity index (χ0n) is 9.86. The molecular weight excluding hydrogens is 184 g/mol. The maximum Gasteiger partial charge on any atom is 0.0540 e. The van der Waals surface area contributed by atoms with Crippen LogP contribution in [0.4, 0.5) is 0 Å². The Kier molecular flexibility index (Phi) is 2.54. The van der Waals surface area contributed by atoms with E-state index in [4.69, 9.17) is 0 Å². The fraction of sp³-hybridized carbons (Fsp3) is 1.00. The van der Waals surface area contributed by atoms with Gasteiger partial charge in [-0.3, -0.25) is 0 Å². The number of fused-ring (bicyclic) bond motifs is 2. The Balaban J connectivity index is 1.64. The second kappa shape index (κ2) is 3.76. The third-order valence-electron chi connectivity index (χ3n) is 5.54. The van der Waals surface area contributed by atoms with Crippen molar-refractivity contribution in [1.82, 2.24) is 0 Å². The summed E-state index contributed by atoms with van der Waals surface area (Å²) in [5, 5.41) is 9.55. The van der Waals surface area contributed by atoms with Crippen LogP contribution in [0.15, 0.2) is 0 Å². The van der Waals surface area contributed by atoms with Crippen molar-refractivity contribution >= 4 is 0 Å². The van der Waals surface area contributed by atoms with Crippen LogP contribution in [0.2, 0.25) is 0 Å². The Morgan fingerprint density at radius 3 is 2.13 bits per heavy atom. The lowest BCUT2D eigenvalue weighted by atomic mass is 9.69. The fourth-order valence-electron chi connectivity index (χ4n) is 4.83. The van der Waals surface area contributed by atoms with Gasteiger partial charge in [0.15, 0.2) is 0 Å². The van der Waals surface area contributed by atoms with Crippen LogP contribution in [0.3, 0.4) is 0 Å². The predicted molar refractivity (Wildman–Crippen MR) is 61.4 cm³/mol. The molecule has 3 rings (SSSR count). The number of aliphatic hydroxyl groups excluding tert-OH is 1. The van der Waals surface area contributed by atoms with E-state index in [0.717, 1.165) is 42.4 Å².